The quantitative estimate of drug-likeness (QED) is 0.655. The molecule has 0 amide bonds. The zero-order valence-electron chi connectivity index (χ0n) is 8.75. The number of piperidine rings is 1. The van der Waals surface area contributed by atoms with Crippen LogP contribution in [0.25, 0.3) is 0 Å². The zero-order chi connectivity index (χ0) is 9.84. The molecule has 0 N–H and O–H groups in total. The molecule has 1 heterocycles. The molecule has 0 aromatic rings. The van der Waals surface area contributed by atoms with Gasteiger partial charge >= 0.3 is 0 Å². The van der Waals surface area contributed by atoms with Gasteiger partial charge in [-0.1, -0.05) is 6.92 Å². The van der Waals surface area contributed by atoms with Crippen LogP contribution in [0.5, 0.6) is 0 Å². The average molecular weight is 185 g/mol. The van der Waals surface area contributed by atoms with Crippen molar-refractivity contribution in [1.82, 2.24) is 4.90 Å². The second-order valence-corrected chi connectivity index (χ2v) is 3.92. The first-order valence-corrected chi connectivity index (χ1v) is 4.91. The third-order valence-electron chi connectivity index (χ3n) is 2.73. The lowest BCUT2D eigenvalue weighted by Gasteiger charge is -2.34. The second-order valence-electron chi connectivity index (χ2n) is 3.92. The van der Waals surface area contributed by atoms with E-state index in [2.05, 4.69) is 11.8 Å². The third kappa shape index (κ3) is 2.78. The Hall–Kier alpha value is -0.410. The molecule has 0 bridgehead atoms. The van der Waals surface area contributed by atoms with Gasteiger partial charge in [0.15, 0.2) is 0 Å². The molecule has 1 aliphatic rings. The zero-order valence-corrected chi connectivity index (χ0v) is 8.75. The molecule has 1 fully saturated rings. The molecular formula is C10H19NO2. The molecule has 1 rings (SSSR count). The van der Waals surface area contributed by atoms with Gasteiger partial charge in [-0.2, -0.15) is 0 Å². The largest absolute Gasteiger partial charge is 0.383 e. The number of Topliss-reactive ketones (excluding diaryl/α,β-unsaturated/α-hetero) is 1. The number of carbonyl (C=O) groups is 1. The molecular weight excluding hydrogens is 166 g/mol. The van der Waals surface area contributed by atoms with Crippen LogP contribution in [0.15, 0.2) is 0 Å². The van der Waals surface area contributed by atoms with E-state index in [0.29, 0.717) is 18.2 Å². The summed E-state index contributed by atoms with van der Waals surface area (Å²) in [5.41, 5.74) is 0. The topological polar surface area (TPSA) is 29.5 Å². The lowest BCUT2D eigenvalue weighted by atomic mass is 9.97. The predicted octanol–water partition coefficient (Wildman–Crippen LogP) is 0.932. The van der Waals surface area contributed by atoms with Crippen LogP contribution in [0.2, 0.25) is 0 Å². The summed E-state index contributed by atoms with van der Waals surface area (Å²) in [7, 11) is 1.72. The van der Waals surface area contributed by atoms with Crippen LogP contribution in [0, 0.1) is 5.92 Å². The van der Waals surface area contributed by atoms with Crippen molar-refractivity contribution in [1.29, 1.82) is 0 Å². The average Bonchev–Trinajstić information content (AvgIpc) is 2.10. The molecule has 1 saturated heterocycles. The van der Waals surface area contributed by atoms with Gasteiger partial charge < -0.3 is 4.74 Å². The van der Waals surface area contributed by atoms with Crippen molar-refractivity contribution in [3.05, 3.63) is 0 Å². The molecule has 0 aromatic carbocycles. The summed E-state index contributed by atoms with van der Waals surface area (Å²) < 4.78 is 5.09. The summed E-state index contributed by atoms with van der Waals surface area (Å²) in [6, 6.07) is 0.431. The van der Waals surface area contributed by atoms with Crippen molar-refractivity contribution < 1.29 is 9.53 Å². The van der Waals surface area contributed by atoms with Gasteiger partial charge in [-0.15, -0.1) is 0 Å². The molecule has 1 aliphatic heterocycles. The van der Waals surface area contributed by atoms with Gasteiger partial charge in [0.05, 0.1) is 6.61 Å². The number of methoxy groups -OCH3 is 1. The number of hydrogen-bond acceptors (Lipinski definition) is 3. The van der Waals surface area contributed by atoms with E-state index in [1.807, 2.05) is 6.92 Å². The van der Waals surface area contributed by atoms with Gasteiger partial charge in [0.25, 0.3) is 0 Å². The van der Waals surface area contributed by atoms with Gasteiger partial charge in [-0.05, 0) is 6.92 Å². The maximum absolute atomic E-state index is 11.3. The van der Waals surface area contributed by atoms with Crippen molar-refractivity contribution in [2.45, 2.75) is 26.3 Å². The van der Waals surface area contributed by atoms with Crippen LogP contribution in [0.3, 0.4) is 0 Å². The van der Waals surface area contributed by atoms with Crippen LogP contribution in [0.1, 0.15) is 20.3 Å². The minimum atomic E-state index is 0.202. The first kappa shape index (κ1) is 10.7. The molecule has 0 radical (unpaired) electrons. The van der Waals surface area contributed by atoms with E-state index in [1.54, 1.807) is 7.11 Å². The summed E-state index contributed by atoms with van der Waals surface area (Å²) in [4.78, 5) is 13.6. The van der Waals surface area contributed by atoms with E-state index in [9.17, 15) is 4.79 Å². The Morgan fingerprint density at radius 2 is 2.38 bits per heavy atom. The van der Waals surface area contributed by atoms with Gasteiger partial charge in [0.2, 0.25) is 0 Å². The number of rotatable bonds is 3. The molecule has 0 spiro atoms. The summed E-state index contributed by atoms with van der Waals surface area (Å²) in [6.45, 7) is 6.69. The molecule has 2 atom stereocenters. The highest BCUT2D eigenvalue weighted by Gasteiger charge is 2.26. The van der Waals surface area contributed by atoms with Crippen LogP contribution in [-0.4, -0.2) is 43.5 Å². The Labute approximate surface area is 80.1 Å². The maximum Gasteiger partial charge on any atom is 0.138 e. The van der Waals surface area contributed by atoms with E-state index in [-0.39, 0.29) is 5.92 Å². The van der Waals surface area contributed by atoms with Crippen molar-refractivity contribution in [2.24, 2.45) is 5.92 Å². The molecule has 2 unspecified atom stereocenters. The van der Waals surface area contributed by atoms with E-state index in [0.717, 1.165) is 19.7 Å². The van der Waals surface area contributed by atoms with E-state index in [4.69, 9.17) is 4.74 Å². The monoisotopic (exact) mass is 185 g/mol. The lowest BCUT2D eigenvalue weighted by Crippen LogP contribution is -2.45. The molecule has 13 heavy (non-hydrogen) atoms. The Kier molecular flexibility index (Phi) is 3.88. The Morgan fingerprint density at radius 3 is 2.92 bits per heavy atom. The fraction of sp³-hybridized carbons (Fsp3) is 0.900. The normalized spacial score (nSPS) is 27.6. The summed E-state index contributed by atoms with van der Waals surface area (Å²) in [5.74, 6) is 0.605. The van der Waals surface area contributed by atoms with Crippen LogP contribution in [0.4, 0.5) is 0 Å². The van der Waals surface area contributed by atoms with Crippen molar-refractivity contribution in [3.8, 4) is 0 Å². The summed E-state index contributed by atoms with van der Waals surface area (Å²) in [6.07, 6.45) is 0.704. The lowest BCUT2D eigenvalue weighted by molar-refractivity contribution is -0.126. The fourth-order valence-electron chi connectivity index (χ4n) is 1.79. The van der Waals surface area contributed by atoms with Crippen LogP contribution < -0.4 is 0 Å². The Balaban J connectivity index is 2.40. The van der Waals surface area contributed by atoms with Gasteiger partial charge in [0, 0.05) is 38.6 Å². The van der Waals surface area contributed by atoms with Crippen LogP contribution in [-0.2, 0) is 9.53 Å². The number of likely N-dealkylation sites (tertiary alicyclic amines) is 1. The molecule has 0 aromatic heterocycles. The highest BCUT2D eigenvalue weighted by molar-refractivity contribution is 5.81. The number of carbonyl (C=O) groups excluding carboxylic acids is 1. The highest BCUT2D eigenvalue weighted by atomic mass is 16.5. The van der Waals surface area contributed by atoms with E-state index >= 15 is 0 Å². The first-order chi connectivity index (χ1) is 6.15. The fourth-order valence-corrected chi connectivity index (χ4v) is 1.79. The minimum Gasteiger partial charge on any atom is -0.383 e. The molecule has 3 heteroatoms. The number of ether oxygens (including phenoxy) is 1. The second kappa shape index (κ2) is 4.72. The standard InChI is InChI=1S/C10H19NO2/c1-8-6-11(5-4-10(8)12)9(2)7-13-3/h8-9H,4-7H2,1-3H3. The Morgan fingerprint density at radius 1 is 1.69 bits per heavy atom. The molecule has 0 aliphatic carbocycles. The predicted molar refractivity (Wildman–Crippen MR) is 51.7 cm³/mol. The SMILES string of the molecule is COCC(C)N1CCC(=O)C(C)C1. The van der Waals surface area contributed by atoms with Gasteiger partial charge in [-0.3, -0.25) is 9.69 Å². The van der Waals surface area contributed by atoms with E-state index in [1.165, 1.54) is 0 Å². The smallest absolute Gasteiger partial charge is 0.138 e. The third-order valence-corrected chi connectivity index (χ3v) is 2.73. The highest BCUT2D eigenvalue weighted by Crippen LogP contribution is 2.14. The van der Waals surface area contributed by atoms with Crippen molar-refractivity contribution in [3.63, 3.8) is 0 Å². The van der Waals surface area contributed by atoms with Gasteiger partial charge in [0.1, 0.15) is 5.78 Å². The van der Waals surface area contributed by atoms with E-state index < -0.39 is 0 Å². The summed E-state index contributed by atoms with van der Waals surface area (Å²) in [5, 5.41) is 0. The Bertz CT molecular complexity index is 182. The number of ketones is 1. The molecule has 0 saturated carbocycles. The van der Waals surface area contributed by atoms with Crippen molar-refractivity contribution >= 4 is 5.78 Å². The minimum absolute atomic E-state index is 0.202. The maximum atomic E-state index is 11.3. The number of nitrogens with zero attached hydrogens (tertiary/aromatic N) is 1. The van der Waals surface area contributed by atoms with Crippen LogP contribution >= 0.6 is 0 Å². The first-order valence-electron chi connectivity index (χ1n) is 4.91. The van der Waals surface area contributed by atoms with Crippen molar-refractivity contribution in [2.75, 3.05) is 26.8 Å². The number of hydrogen-bond donors (Lipinski definition) is 0. The molecule has 3 nitrogen and oxygen atoms in total. The molecule has 76 valence electrons. The summed E-state index contributed by atoms with van der Waals surface area (Å²) >= 11 is 0. The van der Waals surface area contributed by atoms with Gasteiger partial charge in [-0.25, -0.2) is 0 Å².